The summed E-state index contributed by atoms with van der Waals surface area (Å²) in [4.78, 5) is 39.2. The maximum absolute atomic E-state index is 13.3. The van der Waals surface area contributed by atoms with E-state index in [0.29, 0.717) is 18.0 Å². The molecule has 3 aromatic heterocycles. The van der Waals surface area contributed by atoms with E-state index in [1.807, 2.05) is 6.92 Å². The number of aromatic nitrogens is 4. The van der Waals surface area contributed by atoms with Crippen LogP contribution in [0, 0.1) is 12.7 Å². The predicted octanol–water partition coefficient (Wildman–Crippen LogP) is 2.76. The zero-order valence-electron chi connectivity index (χ0n) is 17.3. The molecule has 0 bridgehead atoms. The number of nitrogens with zero attached hydrogens (tertiary/aromatic N) is 4. The summed E-state index contributed by atoms with van der Waals surface area (Å²) in [6, 6.07) is 6.85. The zero-order valence-corrected chi connectivity index (χ0v) is 18.0. The maximum Gasteiger partial charge on any atom is 0.332 e. The molecule has 0 aliphatic heterocycles. The number of benzene rings is 1. The van der Waals surface area contributed by atoms with Crippen molar-refractivity contribution in [3.63, 3.8) is 0 Å². The summed E-state index contributed by atoms with van der Waals surface area (Å²) in [7, 11) is 0. The lowest BCUT2D eigenvalue weighted by molar-refractivity contribution is -0.116. The fourth-order valence-corrected chi connectivity index (χ4v) is 3.77. The van der Waals surface area contributed by atoms with Gasteiger partial charge in [-0.25, -0.2) is 9.18 Å². The highest BCUT2D eigenvalue weighted by Crippen LogP contribution is 2.22. The van der Waals surface area contributed by atoms with Crippen molar-refractivity contribution in [2.45, 2.75) is 33.5 Å². The second kappa shape index (κ2) is 8.46. The Balaban J connectivity index is 1.82. The van der Waals surface area contributed by atoms with E-state index < -0.39 is 29.5 Å². The van der Waals surface area contributed by atoms with E-state index >= 15 is 0 Å². The Bertz CT molecular complexity index is 1440. The van der Waals surface area contributed by atoms with Crippen LogP contribution >= 0.6 is 11.6 Å². The summed E-state index contributed by atoms with van der Waals surface area (Å²) in [6.07, 6.45) is 1.44. The van der Waals surface area contributed by atoms with Crippen LogP contribution in [0.1, 0.15) is 18.4 Å². The summed E-state index contributed by atoms with van der Waals surface area (Å²) in [5.41, 5.74) is -0.0807. The molecule has 166 valence electrons. The first-order valence-corrected chi connectivity index (χ1v) is 10.2. The molecular weight excluding hydrogens is 441 g/mol. The number of fused-ring (bicyclic) bond motifs is 1. The van der Waals surface area contributed by atoms with Crippen LogP contribution in [-0.4, -0.2) is 24.8 Å². The SMILES string of the molecule is CCn1nc(C)c2c1c(=O)n(Cc1ccco1)c(=O)n2CC(=O)Nc1ccc(F)cc1Cl. The first kappa shape index (κ1) is 21.6. The van der Waals surface area contributed by atoms with Crippen molar-refractivity contribution in [2.24, 2.45) is 0 Å². The lowest BCUT2D eigenvalue weighted by Crippen LogP contribution is -2.42. The number of nitrogens with one attached hydrogen (secondary N) is 1. The van der Waals surface area contributed by atoms with Crippen molar-refractivity contribution >= 4 is 34.2 Å². The van der Waals surface area contributed by atoms with Crippen LogP contribution in [0.5, 0.6) is 0 Å². The third kappa shape index (κ3) is 3.84. The Morgan fingerprint density at radius 3 is 2.66 bits per heavy atom. The van der Waals surface area contributed by atoms with Crippen LogP contribution in [0.15, 0.2) is 50.6 Å². The van der Waals surface area contributed by atoms with Gasteiger partial charge in [-0.05, 0) is 44.2 Å². The van der Waals surface area contributed by atoms with E-state index in [1.54, 1.807) is 19.1 Å². The molecule has 0 aliphatic carbocycles. The van der Waals surface area contributed by atoms with Gasteiger partial charge in [0.1, 0.15) is 23.6 Å². The molecule has 4 rings (SSSR count). The molecule has 0 fully saturated rings. The number of aryl methyl sites for hydroxylation is 2. The Kier molecular flexibility index (Phi) is 5.70. The summed E-state index contributed by atoms with van der Waals surface area (Å²) in [5.74, 6) is -0.704. The molecule has 1 aromatic carbocycles. The third-order valence-corrected chi connectivity index (χ3v) is 5.29. The molecule has 0 aliphatic rings. The topological polar surface area (TPSA) is 104 Å². The molecule has 1 amide bonds. The molecule has 9 nitrogen and oxygen atoms in total. The van der Waals surface area contributed by atoms with Crippen LogP contribution in [0.3, 0.4) is 0 Å². The van der Waals surface area contributed by atoms with Crippen LogP contribution in [-0.2, 0) is 24.4 Å². The monoisotopic (exact) mass is 459 g/mol. The lowest BCUT2D eigenvalue weighted by Gasteiger charge is -2.13. The van der Waals surface area contributed by atoms with Crippen molar-refractivity contribution in [1.82, 2.24) is 18.9 Å². The van der Waals surface area contributed by atoms with Crippen molar-refractivity contribution in [3.8, 4) is 0 Å². The van der Waals surface area contributed by atoms with Gasteiger partial charge < -0.3 is 9.73 Å². The molecule has 0 unspecified atom stereocenters. The Hall–Kier alpha value is -3.66. The molecule has 0 saturated heterocycles. The second-order valence-electron chi connectivity index (χ2n) is 7.11. The number of hydrogen-bond acceptors (Lipinski definition) is 5. The van der Waals surface area contributed by atoms with Gasteiger partial charge in [0.05, 0.1) is 29.2 Å². The van der Waals surface area contributed by atoms with Gasteiger partial charge in [-0.15, -0.1) is 0 Å². The number of hydrogen-bond donors (Lipinski definition) is 1. The van der Waals surface area contributed by atoms with Crippen LogP contribution in [0.4, 0.5) is 10.1 Å². The van der Waals surface area contributed by atoms with Gasteiger partial charge in [0, 0.05) is 6.54 Å². The maximum atomic E-state index is 13.3. The second-order valence-corrected chi connectivity index (χ2v) is 7.52. The van der Waals surface area contributed by atoms with Crippen LogP contribution in [0.2, 0.25) is 5.02 Å². The Morgan fingerprint density at radius 2 is 2.00 bits per heavy atom. The fourth-order valence-electron chi connectivity index (χ4n) is 3.56. The zero-order chi connectivity index (χ0) is 23.0. The van der Waals surface area contributed by atoms with Crippen molar-refractivity contribution in [1.29, 1.82) is 0 Å². The summed E-state index contributed by atoms with van der Waals surface area (Å²) < 4.78 is 22.3. The van der Waals surface area contributed by atoms with Gasteiger partial charge in [0.2, 0.25) is 5.91 Å². The number of anilines is 1. The molecule has 0 atom stereocenters. The average molecular weight is 460 g/mol. The number of carbonyl (C=O) groups excluding carboxylic acids is 1. The van der Waals surface area contributed by atoms with E-state index in [2.05, 4.69) is 10.4 Å². The van der Waals surface area contributed by atoms with Gasteiger partial charge in [-0.1, -0.05) is 11.6 Å². The van der Waals surface area contributed by atoms with Crippen LogP contribution < -0.4 is 16.6 Å². The van der Waals surface area contributed by atoms with Gasteiger partial charge in [0.25, 0.3) is 5.56 Å². The minimum Gasteiger partial charge on any atom is -0.467 e. The molecule has 3 heterocycles. The summed E-state index contributed by atoms with van der Waals surface area (Å²) in [5, 5.41) is 6.94. The number of halogens is 2. The molecule has 1 N–H and O–H groups in total. The van der Waals surface area contributed by atoms with Crippen molar-refractivity contribution in [2.75, 3.05) is 5.32 Å². The molecule has 0 saturated carbocycles. The molecule has 11 heteroatoms. The average Bonchev–Trinajstić information content (AvgIpc) is 3.38. The van der Waals surface area contributed by atoms with Crippen molar-refractivity contribution in [3.05, 3.63) is 79.7 Å². The standard InChI is InChI=1S/C21H19ClFN5O4/c1-3-28-19-18(12(2)25-28)26(11-17(29)24-16-7-6-13(23)9-15(16)22)21(31)27(20(19)30)10-14-5-4-8-32-14/h4-9H,3,10-11H2,1-2H3,(H,24,29). The highest BCUT2D eigenvalue weighted by atomic mass is 35.5. The highest BCUT2D eigenvalue weighted by Gasteiger charge is 2.22. The summed E-state index contributed by atoms with van der Waals surface area (Å²) in [6.45, 7) is 3.38. The smallest absolute Gasteiger partial charge is 0.332 e. The normalized spacial score (nSPS) is 11.2. The Morgan fingerprint density at radius 1 is 1.22 bits per heavy atom. The molecule has 32 heavy (non-hydrogen) atoms. The minimum absolute atomic E-state index is 0.0219. The number of furan rings is 1. The molecular formula is C21H19ClFN5O4. The third-order valence-electron chi connectivity index (χ3n) is 4.98. The minimum atomic E-state index is -0.682. The first-order chi connectivity index (χ1) is 15.3. The number of carbonyl (C=O) groups is 1. The van der Waals surface area contributed by atoms with E-state index in [9.17, 15) is 18.8 Å². The van der Waals surface area contributed by atoms with Gasteiger partial charge in [-0.2, -0.15) is 5.10 Å². The largest absolute Gasteiger partial charge is 0.467 e. The van der Waals surface area contributed by atoms with Crippen LogP contribution in [0.25, 0.3) is 11.0 Å². The predicted molar refractivity (Wildman–Crippen MR) is 117 cm³/mol. The van der Waals surface area contributed by atoms with E-state index in [1.165, 1.54) is 21.6 Å². The molecule has 4 aromatic rings. The van der Waals surface area contributed by atoms with Gasteiger partial charge in [-0.3, -0.25) is 23.4 Å². The van der Waals surface area contributed by atoms with Gasteiger partial charge in [0.15, 0.2) is 5.52 Å². The molecule has 0 radical (unpaired) electrons. The first-order valence-electron chi connectivity index (χ1n) is 9.78. The van der Waals surface area contributed by atoms with E-state index in [4.69, 9.17) is 16.0 Å². The lowest BCUT2D eigenvalue weighted by atomic mass is 10.3. The van der Waals surface area contributed by atoms with E-state index in [-0.39, 0.29) is 28.3 Å². The summed E-state index contributed by atoms with van der Waals surface area (Å²) >= 11 is 5.98. The number of amides is 1. The molecule has 0 spiro atoms. The quantitative estimate of drug-likeness (QED) is 0.477. The number of rotatable bonds is 6. The van der Waals surface area contributed by atoms with E-state index in [0.717, 1.165) is 16.7 Å². The fraction of sp³-hybridized carbons (Fsp3) is 0.238. The highest BCUT2D eigenvalue weighted by molar-refractivity contribution is 6.33. The Labute approximate surface area is 185 Å². The van der Waals surface area contributed by atoms with Gasteiger partial charge >= 0.3 is 5.69 Å². The van der Waals surface area contributed by atoms with Crippen molar-refractivity contribution < 1.29 is 13.6 Å².